The van der Waals surface area contributed by atoms with Crippen LogP contribution in [0.5, 0.6) is 5.75 Å². The molecule has 1 aromatic rings. The van der Waals surface area contributed by atoms with Gasteiger partial charge in [-0.05, 0) is 24.9 Å². The Kier molecular flexibility index (Phi) is 9.32. The summed E-state index contributed by atoms with van der Waals surface area (Å²) in [5, 5.41) is 8.14. The second kappa shape index (κ2) is 10.2. The molecule has 0 spiro atoms. The molecular formula is C14H23N3O2S. The fourth-order valence-corrected chi connectivity index (χ4v) is 1.80. The van der Waals surface area contributed by atoms with Gasteiger partial charge in [-0.2, -0.15) is 0 Å². The van der Waals surface area contributed by atoms with Crippen molar-refractivity contribution in [2.45, 2.75) is 27.3 Å². The predicted molar refractivity (Wildman–Crippen MR) is 84.9 cm³/mol. The van der Waals surface area contributed by atoms with Gasteiger partial charge in [-0.15, -0.1) is 0 Å². The van der Waals surface area contributed by atoms with Crippen molar-refractivity contribution < 1.29 is 9.53 Å². The van der Waals surface area contributed by atoms with Crippen molar-refractivity contribution in [2.24, 2.45) is 10.9 Å². The number of allylic oxidation sites excluding steroid dienone is 1. The number of nitrogens with two attached hydrogens (primary N) is 2. The number of hydrogen-bond donors (Lipinski definition) is 3. The van der Waals surface area contributed by atoms with Crippen LogP contribution in [0.4, 0.5) is 0 Å². The van der Waals surface area contributed by atoms with Crippen LogP contribution in [0, 0.1) is 0 Å². The third kappa shape index (κ3) is 5.54. The molecule has 5 nitrogen and oxygen atoms in total. The van der Waals surface area contributed by atoms with Gasteiger partial charge in [-0.1, -0.05) is 32.0 Å². The summed E-state index contributed by atoms with van der Waals surface area (Å²) in [6, 6.07) is 7.47. The molecule has 0 saturated carbocycles. The van der Waals surface area contributed by atoms with E-state index in [0.717, 1.165) is 23.3 Å². The molecule has 0 aliphatic rings. The summed E-state index contributed by atoms with van der Waals surface area (Å²) in [7, 11) is 1.59. The van der Waals surface area contributed by atoms with E-state index in [9.17, 15) is 4.79 Å². The van der Waals surface area contributed by atoms with E-state index in [1.807, 2.05) is 38.1 Å². The van der Waals surface area contributed by atoms with Crippen molar-refractivity contribution >= 4 is 17.9 Å². The molecular weight excluding hydrogens is 274 g/mol. The van der Waals surface area contributed by atoms with Crippen LogP contribution in [0.15, 0.2) is 34.9 Å². The van der Waals surface area contributed by atoms with E-state index >= 15 is 0 Å². The fraction of sp³-hybridized carbons (Fsp3) is 0.357. The molecule has 5 N–H and O–H groups in total. The van der Waals surface area contributed by atoms with Gasteiger partial charge in [0, 0.05) is 17.8 Å². The zero-order valence-corrected chi connectivity index (χ0v) is 13.2. The summed E-state index contributed by atoms with van der Waals surface area (Å²) in [6.07, 6.45) is 0. The Morgan fingerprint density at radius 2 is 1.95 bits per heavy atom. The quantitative estimate of drug-likeness (QED) is 0.572. The second-order valence-electron chi connectivity index (χ2n) is 3.62. The minimum atomic E-state index is -0.284. The molecule has 6 heteroatoms. The van der Waals surface area contributed by atoms with Gasteiger partial charge in [0.25, 0.3) is 5.91 Å². The molecule has 0 heterocycles. The average Bonchev–Trinajstić information content (AvgIpc) is 2.47. The standard InChI is InChI=1S/C12H17N3O2S.C2H6/c1-8(13)11(18-14)12(16)15-7-9-5-3-4-6-10(9)17-2;1-2/h3-6H,7,13-14H2,1-2H3,(H,15,16);1-2H3/b11-8-;. The SMILES string of the molecule is CC.COc1ccccc1CNC(=O)/C(SN)=C(\C)N. The highest BCUT2D eigenvalue weighted by atomic mass is 32.2. The summed E-state index contributed by atoms with van der Waals surface area (Å²) < 4.78 is 5.19. The van der Waals surface area contributed by atoms with Crippen molar-refractivity contribution in [3.8, 4) is 5.75 Å². The maximum atomic E-state index is 11.8. The number of carbonyl (C=O) groups excluding carboxylic acids is 1. The molecule has 0 aromatic heterocycles. The first-order chi connectivity index (χ1) is 9.60. The number of hydrogen-bond acceptors (Lipinski definition) is 5. The third-order valence-corrected chi connectivity index (χ3v) is 3.06. The van der Waals surface area contributed by atoms with Crippen molar-refractivity contribution in [3.05, 3.63) is 40.4 Å². The first kappa shape index (κ1) is 18.3. The van der Waals surface area contributed by atoms with Gasteiger partial charge >= 0.3 is 0 Å². The maximum Gasteiger partial charge on any atom is 0.261 e. The lowest BCUT2D eigenvalue weighted by atomic mass is 10.2. The molecule has 0 unspecified atom stereocenters. The highest BCUT2D eigenvalue weighted by molar-refractivity contribution is 8.01. The summed E-state index contributed by atoms with van der Waals surface area (Å²) in [4.78, 5) is 12.1. The van der Waals surface area contributed by atoms with Crippen LogP contribution >= 0.6 is 11.9 Å². The van der Waals surface area contributed by atoms with Gasteiger partial charge in [-0.3, -0.25) is 9.93 Å². The van der Waals surface area contributed by atoms with Crippen LogP contribution in [0.3, 0.4) is 0 Å². The minimum absolute atomic E-state index is 0.284. The Balaban J connectivity index is 0.00000172. The molecule has 0 aliphatic carbocycles. The molecule has 20 heavy (non-hydrogen) atoms. The molecule has 0 saturated heterocycles. The van der Waals surface area contributed by atoms with Crippen molar-refractivity contribution in [1.29, 1.82) is 0 Å². The molecule has 0 aliphatic heterocycles. The molecule has 0 fully saturated rings. The summed E-state index contributed by atoms with van der Waals surface area (Å²) in [5.41, 5.74) is 6.86. The van der Waals surface area contributed by atoms with Crippen LogP contribution in [0.25, 0.3) is 0 Å². The Labute approximate surface area is 124 Å². The minimum Gasteiger partial charge on any atom is -0.496 e. The lowest BCUT2D eigenvalue weighted by Crippen LogP contribution is -2.26. The lowest BCUT2D eigenvalue weighted by molar-refractivity contribution is -0.117. The fourth-order valence-electron chi connectivity index (χ4n) is 1.43. The van der Waals surface area contributed by atoms with E-state index < -0.39 is 0 Å². The first-order valence-corrected chi connectivity index (χ1v) is 7.21. The maximum absolute atomic E-state index is 11.8. The Morgan fingerprint density at radius 3 is 2.45 bits per heavy atom. The van der Waals surface area contributed by atoms with Crippen molar-refractivity contribution in [1.82, 2.24) is 5.32 Å². The van der Waals surface area contributed by atoms with E-state index in [1.165, 1.54) is 0 Å². The number of methoxy groups -OCH3 is 1. The number of amides is 1. The number of ether oxygens (including phenoxy) is 1. The predicted octanol–water partition coefficient (Wildman–Crippen LogP) is 2.13. The number of nitrogens with one attached hydrogen (secondary N) is 1. The van der Waals surface area contributed by atoms with Crippen LogP contribution in [-0.4, -0.2) is 13.0 Å². The summed E-state index contributed by atoms with van der Waals surface area (Å²) in [6.45, 7) is 6.00. The first-order valence-electron chi connectivity index (χ1n) is 6.33. The van der Waals surface area contributed by atoms with E-state index in [-0.39, 0.29) is 5.91 Å². The lowest BCUT2D eigenvalue weighted by Gasteiger charge is -2.10. The number of benzene rings is 1. The molecule has 0 atom stereocenters. The van der Waals surface area contributed by atoms with Crippen molar-refractivity contribution in [2.75, 3.05) is 7.11 Å². The molecule has 112 valence electrons. The zero-order chi connectivity index (χ0) is 15.5. The second-order valence-corrected chi connectivity index (χ2v) is 4.27. The van der Waals surface area contributed by atoms with Crippen LogP contribution in [-0.2, 0) is 11.3 Å². The number of rotatable bonds is 5. The van der Waals surface area contributed by atoms with Gasteiger partial charge in [0.2, 0.25) is 0 Å². The summed E-state index contributed by atoms with van der Waals surface area (Å²) in [5.74, 6) is 0.446. The smallest absolute Gasteiger partial charge is 0.261 e. The van der Waals surface area contributed by atoms with E-state index in [2.05, 4.69) is 5.32 Å². The molecule has 1 aromatic carbocycles. The van der Waals surface area contributed by atoms with Gasteiger partial charge < -0.3 is 15.8 Å². The van der Waals surface area contributed by atoms with Gasteiger partial charge in [0.05, 0.1) is 7.11 Å². The highest BCUT2D eigenvalue weighted by Crippen LogP contribution is 2.17. The molecule has 1 amide bonds. The number of para-hydroxylation sites is 1. The van der Waals surface area contributed by atoms with Gasteiger partial charge in [0.15, 0.2) is 0 Å². The highest BCUT2D eigenvalue weighted by Gasteiger charge is 2.11. The summed E-state index contributed by atoms with van der Waals surface area (Å²) >= 11 is 0.843. The van der Waals surface area contributed by atoms with E-state index in [1.54, 1.807) is 14.0 Å². The Morgan fingerprint density at radius 1 is 1.35 bits per heavy atom. The number of carbonyl (C=O) groups is 1. The van der Waals surface area contributed by atoms with E-state index in [0.29, 0.717) is 17.1 Å². The zero-order valence-electron chi connectivity index (χ0n) is 12.4. The Hall–Kier alpha value is -1.66. The Bertz CT molecular complexity index is 457. The molecule has 1 rings (SSSR count). The monoisotopic (exact) mass is 297 g/mol. The van der Waals surface area contributed by atoms with Crippen LogP contribution in [0.2, 0.25) is 0 Å². The molecule has 0 radical (unpaired) electrons. The van der Waals surface area contributed by atoms with Gasteiger partial charge in [0.1, 0.15) is 10.7 Å². The van der Waals surface area contributed by atoms with Gasteiger partial charge in [-0.25, -0.2) is 0 Å². The van der Waals surface area contributed by atoms with E-state index in [4.69, 9.17) is 15.6 Å². The van der Waals surface area contributed by atoms with Crippen molar-refractivity contribution in [3.63, 3.8) is 0 Å². The van der Waals surface area contributed by atoms with Crippen LogP contribution in [0.1, 0.15) is 26.3 Å². The largest absolute Gasteiger partial charge is 0.496 e. The third-order valence-electron chi connectivity index (χ3n) is 2.31. The van der Waals surface area contributed by atoms with Crippen LogP contribution < -0.4 is 20.9 Å². The normalized spacial score (nSPS) is 10.8. The topological polar surface area (TPSA) is 90.4 Å². The average molecular weight is 297 g/mol. The molecule has 0 bridgehead atoms.